The Hall–Kier alpha value is -3.04. The predicted octanol–water partition coefficient (Wildman–Crippen LogP) is 5.54. The van der Waals surface area contributed by atoms with Crippen molar-refractivity contribution in [2.45, 2.75) is 87.8 Å². The highest BCUT2D eigenvalue weighted by Crippen LogP contribution is 2.66. The van der Waals surface area contributed by atoms with Crippen LogP contribution < -0.4 is 4.74 Å². The number of amides is 1. The minimum absolute atomic E-state index is 0.0497. The number of ether oxygens (including phenoxy) is 1. The monoisotopic (exact) mass is 596 g/mol. The van der Waals surface area contributed by atoms with Crippen LogP contribution in [0, 0.1) is 11.8 Å². The van der Waals surface area contributed by atoms with E-state index in [2.05, 4.69) is 4.90 Å². The van der Waals surface area contributed by atoms with Crippen molar-refractivity contribution in [1.82, 2.24) is 9.80 Å². The van der Waals surface area contributed by atoms with Gasteiger partial charge in [-0.15, -0.1) is 0 Å². The highest BCUT2D eigenvalue weighted by atomic mass is 19.4. The molecule has 2 N–H and O–H groups in total. The van der Waals surface area contributed by atoms with Crippen molar-refractivity contribution in [3.05, 3.63) is 64.7 Å². The van der Waals surface area contributed by atoms with E-state index in [-0.39, 0.29) is 29.7 Å². The van der Waals surface area contributed by atoms with Gasteiger partial charge in [-0.25, -0.2) is 0 Å². The van der Waals surface area contributed by atoms with E-state index in [4.69, 9.17) is 4.74 Å². The van der Waals surface area contributed by atoms with Gasteiger partial charge in [-0.05, 0) is 92.3 Å². The number of hydrogen-bond acceptors (Lipinski definition) is 5. The van der Waals surface area contributed by atoms with E-state index >= 15 is 0 Å². The fourth-order valence-electron chi connectivity index (χ4n) is 8.64. The molecule has 1 saturated heterocycles. The minimum atomic E-state index is -4.47. The first-order valence-corrected chi connectivity index (χ1v) is 15.6. The quantitative estimate of drug-likeness (QED) is 0.411. The number of carbonyl (C=O) groups excluding carboxylic acids is 1. The topological polar surface area (TPSA) is 73.2 Å². The lowest BCUT2D eigenvalue weighted by atomic mass is 9.48. The molecule has 43 heavy (non-hydrogen) atoms. The molecule has 230 valence electrons. The molecule has 7 rings (SSSR count). The van der Waals surface area contributed by atoms with Gasteiger partial charge < -0.3 is 19.8 Å². The molecule has 1 spiro atoms. The molecule has 0 radical (unpaired) electrons. The smallest absolute Gasteiger partial charge is 0.416 e. The molecular formula is C34H39F3N2O4. The van der Waals surface area contributed by atoms with Crippen LogP contribution in [0.4, 0.5) is 13.2 Å². The summed E-state index contributed by atoms with van der Waals surface area (Å²) in [5.41, 5.74) is -0.294. The summed E-state index contributed by atoms with van der Waals surface area (Å²) in [6.07, 6.45) is 2.61. The number of phenols is 1. The van der Waals surface area contributed by atoms with Gasteiger partial charge in [0.25, 0.3) is 0 Å². The van der Waals surface area contributed by atoms with Gasteiger partial charge >= 0.3 is 6.18 Å². The lowest BCUT2D eigenvalue weighted by Gasteiger charge is -2.65. The second kappa shape index (κ2) is 9.99. The number of carbonyl (C=O) groups is 1. The molecule has 3 fully saturated rings. The highest BCUT2D eigenvalue weighted by Gasteiger charge is 2.73. The number of halogens is 3. The van der Waals surface area contributed by atoms with Crippen LogP contribution in [0.25, 0.3) is 6.08 Å². The first kappa shape index (κ1) is 28.7. The zero-order valence-electron chi connectivity index (χ0n) is 24.6. The summed E-state index contributed by atoms with van der Waals surface area (Å²) < 4.78 is 46.5. The first-order chi connectivity index (χ1) is 20.4. The van der Waals surface area contributed by atoms with Crippen LogP contribution in [0.3, 0.4) is 0 Å². The van der Waals surface area contributed by atoms with Crippen molar-refractivity contribution < 1.29 is 32.9 Å². The summed E-state index contributed by atoms with van der Waals surface area (Å²) in [6, 6.07) is 8.13. The summed E-state index contributed by atoms with van der Waals surface area (Å²) in [4.78, 5) is 18.2. The van der Waals surface area contributed by atoms with Gasteiger partial charge in [-0.2, -0.15) is 13.2 Å². The Kier molecular flexibility index (Phi) is 6.67. The fraction of sp³-hybridized carbons (Fsp3) is 0.559. The van der Waals surface area contributed by atoms with Gasteiger partial charge in [0.15, 0.2) is 11.5 Å². The molecule has 1 amide bonds. The number of hydrogen-bond donors (Lipinski definition) is 2. The maximum atomic E-state index is 13.9. The van der Waals surface area contributed by atoms with Gasteiger partial charge in [0, 0.05) is 30.8 Å². The van der Waals surface area contributed by atoms with Crippen molar-refractivity contribution in [3.63, 3.8) is 0 Å². The fourth-order valence-corrected chi connectivity index (χ4v) is 8.64. The van der Waals surface area contributed by atoms with Crippen LogP contribution in [0.5, 0.6) is 11.5 Å². The summed E-state index contributed by atoms with van der Waals surface area (Å²) in [6.45, 7) is 6.27. The van der Waals surface area contributed by atoms with Gasteiger partial charge in [-0.1, -0.05) is 32.0 Å². The summed E-state index contributed by atoms with van der Waals surface area (Å²) in [5, 5.41) is 23.7. The zero-order valence-corrected chi connectivity index (χ0v) is 24.6. The van der Waals surface area contributed by atoms with E-state index in [1.807, 2.05) is 19.9 Å². The van der Waals surface area contributed by atoms with Crippen LogP contribution in [0.1, 0.15) is 68.2 Å². The number of alkyl halides is 3. The molecule has 5 aliphatic rings. The molecule has 0 aromatic heterocycles. The molecule has 2 bridgehead atoms. The summed E-state index contributed by atoms with van der Waals surface area (Å²) in [5.74, 6) is 0.980. The highest BCUT2D eigenvalue weighted by molar-refractivity contribution is 5.92. The van der Waals surface area contributed by atoms with Crippen molar-refractivity contribution in [2.24, 2.45) is 11.8 Å². The van der Waals surface area contributed by atoms with Crippen LogP contribution in [0.2, 0.25) is 0 Å². The Morgan fingerprint density at radius 3 is 2.70 bits per heavy atom. The normalized spacial score (nSPS) is 31.3. The maximum Gasteiger partial charge on any atom is 0.416 e. The van der Waals surface area contributed by atoms with E-state index < -0.39 is 28.9 Å². The van der Waals surface area contributed by atoms with Crippen molar-refractivity contribution >= 4 is 12.0 Å². The second-order valence-electron chi connectivity index (χ2n) is 13.7. The van der Waals surface area contributed by atoms with Gasteiger partial charge in [-0.3, -0.25) is 9.69 Å². The van der Waals surface area contributed by atoms with Crippen LogP contribution in [-0.2, 0) is 22.8 Å². The number of aliphatic hydroxyl groups is 1. The van der Waals surface area contributed by atoms with E-state index in [9.17, 15) is 28.2 Å². The SMILES string of the molecule is CC(C)CN(C(=O)C=Cc1cccc(C(F)(F)F)c1)[C@H]1CC[C@@]2(O)[C@H]3Cc4ccc(O)c5c4[C@@]2(CCN3CC2CC2)[C@H]1O5. The Morgan fingerprint density at radius 2 is 1.98 bits per heavy atom. The number of nitrogens with zero attached hydrogens (tertiary/aromatic N) is 2. The third-order valence-electron chi connectivity index (χ3n) is 10.6. The van der Waals surface area contributed by atoms with E-state index in [1.54, 1.807) is 17.0 Å². The van der Waals surface area contributed by atoms with Gasteiger partial charge in [0.05, 0.1) is 22.6 Å². The van der Waals surface area contributed by atoms with Gasteiger partial charge in [0.1, 0.15) is 6.10 Å². The first-order valence-electron chi connectivity index (χ1n) is 15.6. The summed E-state index contributed by atoms with van der Waals surface area (Å²) in [7, 11) is 0. The summed E-state index contributed by atoms with van der Waals surface area (Å²) >= 11 is 0. The van der Waals surface area contributed by atoms with Crippen molar-refractivity contribution in [2.75, 3.05) is 19.6 Å². The molecule has 2 aliphatic heterocycles. The van der Waals surface area contributed by atoms with Gasteiger partial charge in [0.2, 0.25) is 5.91 Å². The van der Waals surface area contributed by atoms with Crippen LogP contribution in [0.15, 0.2) is 42.5 Å². The van der Waals surface area contributed by atoms with E-state index in [1.165, 1.54) is 31.1 Å². The van der Waals surface area contributed by atoms with Crippen LogP contribution >= 0.6 is 0 Å². The van der Waals surface area contributed by atoms with Crippen molar-refractivity contribution in [1.29, 1.82) is 0 Å². The Labute approximate surface area is 250 Å². The Balaban J connectivity index is 1.25. The van der Waals surface area contributed by atoms with E-state index in [0.717, 1.165) is 36.3 Å². The third-order valence-corrected chi connectivity index (χ3v) is 10.6. The Bertz CT molecular complexity index is 1470. The molecule has 0 unspecified atom stereocenters. The molecular weight excluding hydrogens is 557 g/mol. The molecule has 2 heterocycles. The zero-order chi connectivity index (χ0) is 30.3. The minimum Gasteiger partial charge on any atom is -0.504 e. The number of aromatic hydroxyl groups is 1. The number of likely N-dealkylation sites (tertiary alicyclic amines) is 1. The standard InChI is InChI=1S/C34H39F3N2O4/c1-20(2)18-39(28(41)11-8-21-4-3-5-24(16-21)34(35,36)37)25-12-13-33(42)27-17-23-9-10-26(40)30-29(23)32(33,31(25)43-30)14-15-38(27)19-22-6-7-22/h3-5,8-11,16,20,22,25,27,31,40,42H,6-7,12-15,17-19H2,1-2H3/t25-,27+,31-,32-,33+/m0/s1. The van der Waals surface area contributed by atoms with Crippen molar-refractivity contribution in [3.8, 4) is 11.5 Å². The third kappa shape index (κ3) is 4.48. The average molecular weight is 597 g/mol. The number of rotatable bonds is 7. The lowest BCUT2D eigenvalue weighted by Crippen LogP contribution is -2.78. The molecule has 2 aromatic rings. The molecule has 3 aliphatic carbocycles. The second-order valence-corrected chi connectivity index (χ2v) is 13.7. The molecule has 5 atom stereocenters. The maximum absolute atomic E-state index is 13.9. The number of benzene rings is 2. The Morgan fingerprint density at radius 1 is 1.19 bits per heavy atom. The van der Waals surface area contributed by atoms with Crippen LogP contribution in [-0.4, -0.2) is 69.3 Å². The number of phenolic OH excluding ortho intramolecular Hbond substituents is 1. The predicted molar refractivity (Wildman–Crippen MR) is 156 cm³/mol. The van der Waals surface area contributed by atoms with E-state index in [0.29, 0.717) is 49.5 Å². The molecule has 2 saturated carbocycles. The molecule has 2 aromatic carbocycles. The lowest BCUT2D eigenvalue weighted by molar-refractivity contribution is -0.201. The average Bonchev–Trinajstić information content (AvgIpc) is 3.70. The molecule has 9 heteroatoms. The molecule has 6 nitrogen and oxygen atoms in total. The number of piperidine rings is 1. The largest absolute Gasteiger partial charge is 0.504 e.